The number of ether oxygens (including phenoxy) is 1. The second-order valence-electron chi connectivity index (χ2n) is 4.88. The van der Waals surface area contributed by atoms with Crippen LogP contribution < -0.4 is 4.74 Å². The van der Waals surface area contributed by atoms with Gasteiger partial charge in [-0.15, -0.1) is 0 Å². The monoisotopic (exact) mass is 293 g/mol. The number of aromatic nitrogens is 4. The van der Waals surface area contributed by atoms with Crippen molar-refractivity contribution >= 4 is 0 Å². The fourth-order valence-corrected chi connectivity index (χ4v) is 2.26. The van der Waals surface area contributed by atoms with Gasteiger partial charge in [-0.1, -0.05) is 0 Å². The summed E-state index contributed by atoms with van der Waals surface area (Å²) in [5.74, 6) is 1.62. The number of benzene rings is 1. The van der Waals surface area contributed by atoms with Crippen LogP contribution in [0.1, 0.15) is 11.4 Å². The molecule has 0 aliphatic carbocycles. The Kier molecular flexibility index (Phi) is 3.62. The lowest BCUT2D eigenvalue weighted by Crippen LogP contribution is -2.06. The van der Waals surface area contributed by atoms with Crippen LogP contribution in [0, 0.1) is 11.3 Å². The van der Waals surface area contributed by atoms with E-state index in [0.29, 0.717) is 17.9 Å². The summed E-state index contributed by atoms with van der Waals surface area (Å²) in [5.41, 5.74) is 2.15. The van der Waals surface area contributed by atoms with Crippen molar-refractivity contribution < 1.29 is 4.74 Å². The predicted molar refractivity (Wildman–Crippen MR) is 81.2 cm³/mol. The molecule has 0 N–H and O–H groups in total. The normalized spacial score (nSPS) is 10.4. The van der Waals surface area contributed by atoms with Gasteiger partial charge in [-0.05, 0) is 24.3 Å². The minimum absolute atomic E-state index is 0.578. The Labute approximate surface area is 128 Å². The highest BCUT2D eigenvalue weighted by Crippen LogP contribution is 2.29. The summed E-state index contributed by atoms with van der Waals surface area (Å²) >= 11 is 0. The fourth-order valence-electron chi connectivity index (χ4n) is 2.26. The van der Waals surface area contributed by atoms with Crippen molar-refractivity contribution in [2.75, 3.05) is 7.11 Å². The average Bonchev–Trinajstić information content (AvgIpc) is 3.17. The number of rotatable bonds is 4. The maximum absolute atomic E-state index is 9.05. The predicted octanol–water partition coefficient (Wildman–Crippen LogP) is 2.21. The van der Waals surface area contributed by atoms with Crippen LogP contribution in [0.5, 0.6) is 5.75 Å². The molecule has 0 fully saturated rings. The average molecular weight is 293 g/mol. The van der Waals surface area contributed by atoms with Crippen molar-refractivity contribution in [3.63, 3.8) is 0 Å². The molecule has 0 aliphatic rings. The van der Waals surface area contributed by atoms with Gasteiger partial charge in [0.25, 0.3) is 0 Å². The van der Waals surface area contributed by atoms with E-state index in [-0.39, 0.29) is 0 Å². The largest absolute Gasteiger partial charge is 0.496 e. The maximum Gasteiger partial charge on any atom is 0.130 e. The van der Waals surface area contributed by atoms with Crippen LogP contribution in [0.4, 0.5) is 0 Å². The Bertz CT molecular complexity index is 840. The van der Waals surface area contributed by atoms with Crippen LogP contribution in [0.3, 0.4) is 0 Å². The molecule has 22 heavy (non-hydrogen) atoms. The Morgan fingerprint density at radius 1 is 1.27 bits per heavy atom. The van der Waals surface area contributed by atoms with Gasteiger partial charge in [0.2, 0.25) is 0 Å². The zero-order chi connectivity index (χ0) is 15.5. The molecule has 0 bridgehead atoms. The van der Waals surface area contributed by atoms with Gasteiger partial charge in [0, 0.05) is 31.2 Å². The van der Waals surface area contributed by atoms with Crippen LogP contribution in [0.25, 0.3) is 11.3 Å². The fraction of sp³-hybridized carbons (Fsp3) is 0.188. The van der Waals surface area contributed by atoms with E-state index >= 15 is 0 Å². The van der Waals surface area contributed by atoms with Gasteiger partial charge < -0.3 is 9.30 Å². The van der Waals surface area contributed by atoms with E-state index in [1.807, 2.05) is 34.8 Å². The number of imidazole rings is 1. The van der Waals surface area contributed by atoms with Gasteiger partial charge in [0.15, 0.2) is 0 Å². The van der Waals surface area contributed by atoms with E-state index in [1.165, 1.54) is 0 Å². The second kappa shape index (κ2) is 5.74. The van der Waals surface area contributed by atoms with Gasteiger partial charge in [-0.25, -0.2) is 4.98 Å². The molecule has 6 heteroatoms. The van der Waals surface area contributed by atoms with Crippen molar-refractivity contribution in [1.29, 1.82) is 5.26 Å². The molecule has 2 aromatic heterocycles. The van der Waals surface area contributed by atoms with E-state index < -0.39 is 0 Å². The maximum atomic E-state index is 9.05. The lowest BCUT2D eigenvalue weighted by Gasteiger charge is -2.06. The second-order valence-corrected chi connectivity index (χ2v) is 4.88. The molecule has 0 atom stereocenters. The molecule has 0 spiro atoms. The molecular formula is C16H15N5O. The van der Waals surface area contributed by atoms with Crippen LogP contribution >= 0.6 is 0 Å². The highest BCUT2D eigenvalue weighted by molar-refractivity contribution is 5.68. The zero-order valence-corrected chi connectivity index (χ0v) is 12.4. The SMILES string of the molecule is COc1ccc(C#N)cc1-c1ccn(Cc2nccn2C)n1. The van der Waals surface area contributed by atoms with Crippen molar-refractivity contribution in [3.05, 3.63) is 54.2 Å². The van der Waals surface area contributed by atoms with Gasteiger partial charge in [-0.2, -0.15) is 10.4 Å². The van der Waals surface area contributed by atoms with Gasteiger partial charge in [-0.3, -0.25) is 4.68 Å². The van der Waals surface area contributed by atoms with E-state index in [1.54, 1.807) is 31.5 Å². The van der Waals surface area contributed by atoms with E-state index in [4.69, 9.17) is 10.00 Å². The number of nitrogens with zero attached hydrogens (tertiary/aromatic N) is 5. The molecule has 0 saturated heterocycles. The molecule has 3 aromatic rings. The number of aryl methyl sites for hydroxylation is 1. The van der Waals surface area contributed by atoms with Crippen LogP contribution in [0.2, 0.25) is 0 Å². The summed E-state index contributed by atoms with van der Waals surface area (Å²) < 4.78 is 9.13. The molecule has 0 amide bonds. The number of methoxy groups -OCH3 is 1. The zero-order valence-electron chi connectivity index (χ0n) is 12.4. The molecule has 2 heterocycles. The van der Waals surface area contributed by atoms with E-state index in [9.17, 15) is 0 Å². The van der Waals surface area contributed by atoms with E-state index in [2.05, 4.69) is 16.2 Å². The molecule has 3 rings (SSSR count). The van der Waals surface area contributed by atoms with Crippen molar-refractivity contribution in [1.82, 2.24) is 19.3 Å². The lowest BCUT2D eigenvalue weighted by molar-refractivity contribution is 0.416. The number of nitriles is 1. The van der Waals surface area contributed by atoms with Gasteiger partial charge in [0.05, 0.1) is 31.0 Å². The summed E-state index contributed by atoms with van der Waals surface area (Å²) in [6, 6.07) is 9.34. The summed E-state index contributed by atoms with van der Waals surface area (Å²) in [4.78, 5) is 4.29. The molecule has 0 unspecified atom stereocenters. The first-order valence-corrected chi connectivity index (χ1v) is 6.79. The van der Waals surface area contributed by atoms with Gasteiger partial charge in [0.1, 0.15) is 11.6 Å². The highest BCUT2D eigenvalue weighted by Gasteiger charge is 2.11. The summed E-state index contributed by atoms with van der Waals surface area (Å²) in [6.45, 7) is 0.587. The first-order valence-electron chi connectivity index (χ1n) is 6.79. The van der Waals surface area contributed by atoms with E-state index in [0.717, 1.165) is 17.1 Å². The Hall–Kier alpha value is -3.07. The number of hydrogen-bond acceptors (Lipinski definition) is 4. The molecule has 0 aliphatic heterocycles. The minimum atomic E-state index is 0.578. The van der Waals surface area contributed by atoms with Gasteiger partial charge >= 0.3 is 0 Å². The van der Waals surface area contributed by atoms with Crippen molar-refractivity contribution in [2.45, 2.75) is 6.54 Å². The first kappa shape index (κ1) is 13.9. The molecular weight excluding hydrogens is 278 g/mol. The molecule has 0 radical (unpaired) electrons. The standard InChI is InChI=1S/C16H15N5O/c1-20-8-6-18-16(20)11-21-7-5-14(19-21)13-9-12(10-17)3-4-15(13)22-2/h3-9H,11H2,1-2H3. The molecule has 1 aromatic carbocycles. The first-order chi connectivity index (χ1) is 10.7. The highest BCUT2D eigenvalue weighted by atomic mass is 16.5. The van der Waals surface area contributed by atoms with Crippen LogP contribution in [0.15, 0.2) is 42.9 Å². The Morgan fingerprint density at radius 3 is 2.82 bits per heavy atom. The summed E-state index contributed by atoms with van der Waals surface area (Å²) in [6.07, 6.45) is 5.56. The molecule has 6 nitrogen and oxygen atoms in total. The van der Waals surface area contributed by atoms with Crippen molar-refractivity contribution in [3.8, 4) is 23.1 Å². The topological polar surface area (TPSA) is 68.7 Å². The van der Waals surface area contributed by atoms with Crippen molar-refractivity contribution in [2.24, 2.45) is 7.05 Å². The quantitative estimate of drug-likeness (QED) is 0.739. The summed E-state index contributed by atoms with van der Waals surface area (Å²) in [7, 11) is 3.56. The van der Waals surface area contributed by atoms with Crippen LogP contribution in [-0.2, 0) is 13.6 Å². The molecule has 0 saturated carbocycles. The third-order valence-electron chi connectivity index (χ3n) is 3.47. The van der Waals surface area contributed by atoms with Crippen LogP contribution in [-0.4, -0.2) is 26.4 Å². The Morgan fingerprint density at radius 2 is 2.14 bits per heavy atom. The molecule has 110 valence electrons. The minimum Gasteiger partial charge on any atom is -0.496 e. The lowest BCUT2D eigenvalue weighted by atomic mass is 10.1. The number of hydrogen-bond donors (Lipinski definition) is 0. The third-order valence-corrected chi connectivity index (χ3v) is 3.47. The third kappa shape index (κ3) is 2.56. The smallest absolute Gasteiger partial charge is 0.130 e. The summed E-state index contributed by atoms with van der Waals surface area (Å²) in [5, 5.41) is 13.6. The Balaban J connectivity index is 1.94.